The molecule has 3 aromatic rings. The molecule has 3 aromatic carbocycles. The Morgan fingerprint density at radius 3 is 2.54 bits per heavy atom. The van der Waals surface area contributed by atoms with E-state index in [1.165, 1.54) is 0 Å². The molecule has 0 aromatic heterocycles. The van der Waals surface area contributed by atoms with Gasteiger partial charge in [0, 0.05) is 31.7 Å². The molecule has 7 heteroatoms. The highest BCUT2D eigenvalue weighted by atomic mass is 32.2. The molecule has 0 bridgehead atoms. The van der Waals surface area contributed by atoms with E-state index in [1.807, 2.05) is 93.6 Å². The zero-order valence-corrected chi connectivity index (χ0v) is 25.3. The predicted octanol–water partition coefficient (Wildman–Crippen LogP) is 6.97. The normalized spacial score (nSPS) is 17.5. The van der Waals surface area contributed by atoms with E-state index in [0.717, 1.165) is 36.0 Å². The fourth-order valence-electron chi connectivity index (χ4n) is 5.52. The monoisotopic (exact) mass is 575 g/mol. The smallest absolute Gasteiger partial charge is 0.218 e. The summed E-state index contributed by atoms with van der Waals surface area (Å²) in [5.74, 6) is 0.441. The molecule has 0 saturated carbocycles. The van der Waals surface area contributed by atoms with E-state index in [2.05, 4.69) is 0 Å². The summed E-state index contributed by atoms with van der Waals surface area (Å²) in [5, 5.41) is 0. The SMILES string of the molecule is CCC(OC)C(C/C=C/C(=O)c1cc(C)ccc1C)Oc1cccc(CS(=O)(=O)N2CCCC2c2ccccc2)c1. The molecule has 1 aliphatic heterocycles. The first-order chi connectivity index (χ1) is 19.7. The van der Waals surface area contributed by atoms with E-state index in [0.29, 0.717) is 29.8 Å². The number of sulfonamides is 1. The van der Waals surface area contributed by atoms with E-state index in [4.69, 9.17) is 9.47 Å². The van der Waals surface area contributed by atoms with Gasteiger partial charge in [-0.25, -0.2) is 8.42 Å². The first-order valence-corrected chi connectivity index (χ1v) is 15.9. The van der Waals surface area contributed by atoms with Crippen LogP contribution in [-0.2, 0) is 20.5 Å². The maximum absolute atomic E-state index is 13.5. The third-order valence-corrected chi connectivity index (χ3v) is 9.55. The molecule has 1 saturated heterocycles. The van der Waals surface area contributed by atoms with Crippen LogP contribution in [0.1, 0.15) is 71.3 Å². The molecular formula is C34H41NO5S. The largest absolute Gasteiger partial charge is 0.487 e. The van der Waals surface area contributed by atoms with Crippen molar-refractivity contribution < 1.29 is 22.7 Å². The van der Waals surface area contributed by atoms with Crippen LogP contribution >= 0.6 is 0 Å². The third kappa shape index (κ3) is 7.94. The molecule has 1 heterocycles. The Morgan fingerprint density at radius 1 is 1.02 bits per heavy atom. The van der Waals surface area contributed by atoms with Gasteiger partial charge in [-0.2, -0.15) is 4.31 Å². The van der Waals surface area contributed by atoms with Crippen LogP contribution in [-0.4, -0.2) is 44.4 Å². The number of methoxy groups -OCH3 is 1. The fraction of sp³-hybridized carbons (Fsp3) is 0.382. The van der Waals surface area contributed by atoms with Crippen LogP contribution in [0.3, 0.4) is 0 Å². The van der Waals surface area contributed by atoms with Gasteiger partial charge in [-0.15, -0.1) is 0 Å². The van der Waals surface area contributed by atoms with Crippen LogP contribution in [0.15, 0.2) is 84.9 Å². The second-order valence-corrected chi connectivity index (χ2v) is 12.7. The minimum atomic E-state index is -3.53. The second-order valence-electron chi connectivity index (χ2n) is 10.7. The lowest BCUT2D eigenvalue weighted by atomic mass is 10.0. The van der Waals surface area contributed by atoms with Gasteiger partial charge in [0.25, 0.3) is 0 Å². The molecule has 0 radical (unpaired) electrons. The van der Waals surface area contributed by atoms with E-state index in [1.54, 1.807) is 23.6 Å². The van der Waals surface area contributed by atoms with Crippen molar-refractivity contribution >= 4 is 15.8 Å². The van der Waals surface area contributed by atoms with Crippen LogP contribution in [0.25, 0.3) is 0 Å². The number of rotatable bonds is 13. The minimum absolute atomic E-state index is 0.0432. The number of ether oxygens (including phenoxy) is 2. The maximum atomic E-state index is 13.5. The first-order valence-electron chi connectivity index (χ1n) is 14.3. The molecule has 0 aliphatic carbocycles. The molecule has 3 atom stereocenters. The Morgan fingerprint density at radius 2 is 1.80 bits per heavy atom. The quantitative estimate of drug-likeness (QED) is 0.163. The van der Waals surface area contributed by atoms with Gasteiger partial charge in [-0.05, 0) is 74.1 Å². The number of benzene rings is 3. The molecule has 0 amide bonds. The van der Waals surface area contributed by atoms with Crippen LogP contribution in [0.4, 0.5) is 0 Å². The topological polar surface area (TPSA) is 72.9 Å². The van der Waals surface area contributed by atoms with Crippen molar-refractivity contribution in [2.75, 3.05) is 13.7 Å². The first kappa shape index (κ1) is 30.7. The van der Waals surface area contributed by atoms with Crippen molar-refractivity contribution in [3.05, 3.63) is 113 Å². The van der Waals surface area contributed by atoms with Crippen LogP contribution < -0.4 is 4.74 Å². The molecule has 1 fully saturated rings. The van der Waals surface area contributed by atoms with Gasteiger partial charge in [-0.1, -0.05) is 73.2 Å². The summed E-state index contributed by atoms with van der Waals surface area (Å²) in [7, 11) is -1.88. The molecule has 0 N–H and O–H groups in total. The average Bonchev–Trinajstić information content (AvgIpc) is 3.47. The number of hydrogen-bond acceptors (Lipinski definition) is 5. The van der Waals surface area contributed by atoms with Crippen molar-refractivity contribution in [3.63, 3.8) is 0 Å². The fourth-order valence-corrected chi connectivity index (χ4v) is 7.30. The van der Waals surface area contributed by atoms with Crippen LogP contribution in [0.5, 0.6) is 5.75 Å². The number of carbonyl (C=O) groups excluding carboxylic acids is 1. The van der Waals surface area contributed by atoms with Crippen LogP contribution in [0.2, 0.25) is 0 Å². The Kier molecular flexibility index (Phi) is 10.5. The number of allylic oxidation sites excluding steroid dienone is 1. The van der Waals surface area contributed by atoms with Gasteiger partial charge in [0.1, 0.15) is 11.9 Å². The molecule has 1 aliphatic rings. The summed E-state index contributed by atoms with van der Waals surface area (Å²) in [6.07, 6.45) is 5.76. The number of carbonyl (C=O) groups is 1. The Bertz CT molecular complexity index is 1450. The van der Waals surface area contributed by atoms with Gasteiger partial charge in [0.05, 0.1) is 11.9 Å². The lowest BCUT2D eigenvalue weighted by molar-refractivity contribution is 0.00151. The predicted molar refractivity (Wildman–Crippen MR) is 164 cm³/mol. The summed E-state index contributed by atoms with van der Waals surface area (Å²) in [5.41, 5.74) is 4.38. The number of ketones is 1. The molecule has 0 spiro atoms. The Labute approximate surface area is 245 Å². The average molecular weight is 576 g/mol. The summed E-state index contributed by atoms with van der Waals surface area (Å²) in [6.45, 7) is 6.46. The lowest BCUT2D eigenvalue weighted by Gasteiger charge is -2.26. The van der Waals surface area contributed by atoms with E-state index in [9.17, 15) is 13.2 Å². The van der Waals surface area contributed by atoms with Crippen molar-refractivity contribution in [1.82, 2.24) is 4.31 Å². The van der Waals surface area contributed by atoms with Gasteiger partial charge < -0.3 is 9.47 Å². The summed E-state index contributed by atoms with van der Waals surface area (Å²) < 4.78 is 40.7. The highest BCUT2D eigenvalue weighted by Gasteiger charge is 2.35. The van der Waals surface area contributed by atoms with E-state index in [-0.39, 0.29) is 29.8 Å². The van der Waals surface area contributed by atoms with Gasteiger partial charge in [0.15, 0.2) is 5.78 Å². The number of hydrogen-bond donors (Lipinski definition) is 0. The standard InChI is InChI=1S/C34H41NO5S/c1-5-33(39-4)34(18-10-17-32(36)30-22-25(2)19-20-26(30)3)40-29-15-9-12-27(23-29)24-41(37,38)35-21-11-16-31(35)28-13-7-6-8-14-28/h6-10,12-15,17,19-20,22-23,31,33-34H,5,11,16,18,21,24H2,1-4H3/b17-10+. The van der Waals surface area contributed by atoms with Crippen molar-refractivity contribution in [1.29, 1.82) is 0 Å². The Hall–Kier alpha value is -3.26. The summed E-state index contributed by atoms with van der Waals surface area (Å²) >= 11 is 0. The number of aryl methyl sites for hydroxylation is 2. The molecule has 218 valence electrons. The zero-order chi connectivity index (χ0) is 29.4. The molecule has 4 rings (SSSR count). The second kappa shape index (κ2) is 14.1. The van der Waals surface area contributed by atoms with Crippen molar-refractivity contribution in [3.8, 4) is 5.75 Å². The molecule has 6 nitrogen and oxygen atoms in total. The zero-order valence-electron chi connectivity index (χ0n) is 24.5. The summed E-state index contributed by atoms with van der Waals surface area (Å²) in [4.78, 5) is 12.8. The van der Waals surface area contributed by atoms with Gasteiger partial charge in [0.2, 0.25) is 10.0 Å². The third-order valence-electron chi connectivity index (χ3n) is 7.70. The lowest BCUT2D eigenvalue weighted by Crippen LogP contribution is -2.33. The summed E-state index contributed by atoms with van der Waals surface area (Å²) in [6, 6.07) is 22.9. The van der Waals surface area contributed by atoms with Gasteiger partial charge in [-0.3, -0.25) is 4.79 Å². The maximum Gasteiger partial charge on any atom is 0.218 e. The minimum Gasteiger partial charge on any atom is -0.487 e. The Balaban J connectivity index is 1.47. The van der Waals surface area contributed by atoms with Crippen molar-refractivity contribution in [2.24, 2.45) is 0 Å². The van der Waals surface area contributed by atoms with E-state index >= 15 is 0 Å². The van der Waals surface area contributed by atoms with Crippen molar-refractivity contribution in [2.45, 2.75) is 70.5 Å². The molecular weight excluding hydrogens is 534 g/mol. The highest BCUT2D eigenvalue weighted by Crippen LogP contribution is 2.35. The van der Waals surface area contributed by atoms with Crippen LogP contribution in [0, 0.1) is 13.8 Å². The highest BCUT2D eigenvalue weighted by molar-refractivity contribution is 7.88. The molecule has 3 unspecified atom stereocenters. The van der Waals surface area contributed by atoms with Gasteiger partial charge >= 0.3 is 0 Å². The molecule has 41 heavy (non-hydrogen) atoms. The van der Waals surface area contributed by atoms with E-state index < -0.39 is 10.0 Å². The number of nitrogens with zero attached hydrogens (tertiary/aromatic N) is 1.